The van der Waals surface area contributed by atoms with E-state index in [0.29, 0.717) is 18.7 Å². The Kier molecular flexibility index (Phi) is 6.60. The molecule has 0 saturated heterocycles. The number of benzene rings is 3. The predicted molar refractivity (Wildman–Crippen MR) is 119 cm³/mol. The summed E-state index contributed by atoms with van der Waals surface area (Å²) in [5.41, 5.74) is 2.68. The molecular weight excluding hydrogens is 420 g/mol. The third-order valence-corrected chi connectivity index (χ3v) is 6.88. The number of nitrogens with one attached hydrogen (secondary N) is 1. The second-order valence-electron chi connectivity index (χ2n) is 7.06. The van der Waals surface area contributed by atoms with Crippen molar-refractivity contribution in [3.8, 4) is 0 Å². The van der Waals surface area contributed by atoms with E-state index < -0.39 is 19.9 Å². The lowest BCUT2D eigenvalue weighted by Crippen LogP contribution is -2.15. The van der Waals surface area contributed by atoms with Gasteiger partial charge in [0.1, 0.15) is 0 Å². The van der Waals surface area contributed by atoms with Crippen LogP contribution in [0.2, 0.25) is 0 Å². The van der Waals surface area contributed by atoms with Crippen LogP contribution in [0, 0.1) is 0 Å². The fourth-order valence-corrected chi connectivity index (χ4v) is 4.88. The van der Waals surface area contributed by atoms with Gasteiger partial charge in [-0.25, -0.2) is 22.0 Å². The quantitative estimate of drug-likeness (QED) is 0.554. The average Bonchev–Trinajstić information content (AvgIpc) is 2.71. The molecule has 0 aliphatic rings. The fraction of sp³-hybridized carbons (Fsp3) is 0.182. The van der Waals surface area contributed by atoms with Crippen molar-refractivity contribution in [2.45, 2.75) is 22.1 Å². The molecule has 6 nitrogen and oxygen atoms in total. The molecule has 158 valence electrons. The van der Waals surface area contributed by atoms with E-state index in [0.717, 1.165) is 12.3 Å². The second kappa shape index (κ2) is 8.99. The molecule has 0 unspecified atom stereocenters. The van der Waals surface area contributed by atoms with Gasteiger partial charge < -0.3 is 5.32 Å². The van der Waals surface area contributed by atoms with E-state index in [1.807, 2.05) is 36.4 Å². The van der Waals surface area contributed by atoms with Crippen LogP contribution in [-0.4, -0.2) is 29.6 Å². The number of anilines is 1. The molecule has 3 aromatic carbocycles. The first-order valence-electron chi connectivity index (χ1n) is 9.37. The Morgan fingerprint density at radius 3 is 1.83 bits per heavy atom. The largest absolute Gasteiger partial charge is 0.384 e. The van der Waals surface area contributed by atoms with E-state index in [4.69, 9.17) is 5.14 Å². The van der Waals surface area contributed by atoms with Gasteiger partial charge in [-0.05, 0) is 35.7 Å². The number of hydrogen-bond donors (Lipinski definition) is 2. The van der Waals surface area contributed by atoms with Gasteiger partial charge in [-0.2, -0.15) is 0 Å². The first-order valence-corrected chi connectivity index (χ1v) is 12.8. The highest BCUT2D eigenvalue weighted by Gasteiger charge is 2.19. The highest BCUT2D eigenvalue weighted by molar-refractivity contribution is 7.91. The predicted octanol–water partition coefficient (Wildman–Crippen LogP) is 3.37. The molecule has 0 atom stereocenters. The Bertz CT molecular complexity index is 1170. The molecule has 0 aliphatic heterocycles. The van der Waals surface area contributed by atoms with E-state index >= 15 is 0 Å². The second-order valence-corrected chi connectivity index (χ2v) is 10.6. The minimum atomic E-state index is -4.00. The maximum atomic E-state index is 12.2. The molecule has 8 heteroatoms. The van der Waals surface area contributed by atoms with Gasteiger partial charge in [-0.3, -0.25) is 0 Å². The maximum Gasteiger partial charge on any atom is 0.238 e. The summed E-state index contributed by atoms with van der Waals surface area (Å²) < 4.78 is 47.6. The number of rotatable bonds is 8. The number of nitrogens with two attached hydrogens (primary N) is 1. The van der Waals surface area contributed by atoms with Gasteiger partial charge in [0.15, 0.2) is 9.84 Å². The third kappa shape index (κ3) is 5.47. The standard InChI is InChI=1S/C22H24N2O4S2/c1-29(25,26)22-16-19(30(23,27)28)12-13-21(22)24-15-14-20(17-8-4-2-5-9-17)18-10-6-3-7-11-18/h2-13,16,20,24H,14-15H2,1H3,(H2,23,27,28). The number of primary sulfonamides is 1. The molecule has 0 aliphatic carbocycles. The van der Waals surface area contributed by atoms with Crippen molar-refractivity contribution in [1.29, 1.82) is 0 Å². The van der Waals surface area contributed by atoms with Crippen LogP contribution in [0.25, 0.3) is 0 Å². The summed E-state index contributed by atoms with van der Waals surface area (Å²) >= 11 is 0. The number of hydrogen-bond acceptors (Lipinski definition) is 5. The van der Waals surface area contributed by atoms with E-state index in [2.05, 4.69) is 29.6 Å². The molecular formula is C22H24N2O4S2. The molecule has 0 aromatic heterocycles. The molecule has 0 heterocycles. The SMILES string of the molecule is CS(=O)(=O)c1cc(S(N)(=O)=O)ccc1NCCC(c1ccccc1)c1ccccc1. The van der Waals surface area contributed by atoms with Crippen LogP contribution in [0.3, 0.4) is 0 Å². The van der Waals surface area contributed by atoms with Crippen LogP contribution in [-0.2, 0) is 19.9 Å². The van der Waals surface area contributed by atoms with E-state index in [9.17, 15) is 16.8 Å². The maximum absolute atomic E-state index is 12.2. The van der Waals surface area contributed by atoms with Crippen LogP contribution < -0.4 is 10.5 Å². The Labute approximate surface area is 177 Å². The topological polar surface area (TPSA) is 106 Å². The summed E-state index contributed by atoms with van der Waals surface area (Å²) in [6, 6.07) is 24.0. The van der Waals surface area contributed by atoms with Gasteiger partial charge in [0.2, 0.25) is 10.0 Å². The lowest BCUT2D eigenvalue weighted by molar-refractivity contribution is 0.597. The molecule has 0 radical (unpaired) electrons. The Hall–Kier alpha value is -2.68. The van der Waals surface area contributed by atoms with Crippen molar-refractivity contribution in [3.05, 3.63) is 90.0 Å². The zero-order chi connectivity index (χ0) is 21.8. The first-order chi connectivity index (χ1) is 14.2. The van der Waals surface area contributed by atoms with Crippen molar-refractivity contribution >= 4 is 25.5 Å². The van der Waals surface area contributed by atoms with Crippen LogP contribution >= 0.6 is 0 Å². The summed E-state index contributed by atoms with van der Waals surface area (Å²) in [4.78, 5) is -0.329. The van der Waals surface area contributed by atoms with Gasteiger partial charge in [0, 0.05) is 18.7 Å². The van der Waals surface area contributed by atoms with Crippen molar-refractivity contribution < 1.29 is 16.8 Å². The summed E-state index contributed by atoms with van der Waals surface area (Å²) in [7, 11) is -7.65. The van der Waals surface area contributed by atoms with Crippen molar-refractivity contribution in [2.24, 2.45) is 5.14 Å². The lowest BCUT2D eigenvalue weighted by atomic mass is 9.88. The summed E-state index contributed by atoms with van der Waals surface area (Å²) in [6.07, 6.45) is 1.76. The highest BCUT2D eigenvalue weighted by atomic mass is 32.2. The minimum Gasteiger partial charge on any atom is -0.384 e. The minimum absolute atomic E-state index is 0.0926. The van der Waals surface area contributed by atoms with Crippen LogP contribution in [0.1, 0.15) is 23.5 Å². The molecule has 0 spiro atoms. The van der Waals surface area contributed by atoms with Gasteiger partial charge in [0.05, 0.1) is 15.5 Å². The molecule has 30 heavy (non-hydrogen) atoms. The average molecular weight is 445 g/mol. The molecule has 0 amide bonds. The monoisotopic (exact) mass is 444 g/mol. The smallest absolute Gasteiger partial charge is 0.238 e. The van der Waals surface area contributed by atoms with E-state index in [1.54, 1.807) is 0 Å². The molecule has 3 N–H and O–H groups in total. The van der Waals surface area contributed by atoms with E-state index in [-0.39, 0.29) is 15.7 Å². The lowest BCUT2D eigenvalue weighted by Gasteiger charge is -2.19. The summed E-state index contributed by atoms with van der Waals surface area (Å²) in [6.45, 7) is 0.492. The van der Waals surface area contributed by atoms with Crippen LogP contribution in [0.4, 0.5) is 5.69 Å². The first kappa shape index (κ1) is 22.0. The molecule has 0 bridgehead atoms. The van der Waals surface area contributed by atoms with Crippen molar-refractivity contribution in [3.63, 3.8) is 0 Å². The fourth-order valence-electron chi connectivity index (χ4n) is 3.38. The highest BCUT2D eigenvalue weighted by Crippen LogP contribution is 2.29. The van der Waals surface area contributed by atoms with Gasteiger partial charge in [-0.1, -0.05) is 60.7 Å². The van der Waals surface area contributed by atoms with Crippen LogP contribution in [0.5, 0.6) is 0 Å². The normalized spacial score (nSPS) is 12.1. The molecule has 3 aromatic rings. The molecule has 0 fully saturated rings. The third-order valence-electron chi connectivity index (χ3n) is 4.83. The van der Waals surface area contributed by atoms with Crippen LogP contribution in [0.15, 0.2) is 88.7 Å². The number of sulfone groups is 1. The number of sulfonamides is 1. The van der Waals surface area contributed by atoms with Gasteiger partial charge in [-0.15, -0.1) is 0 Å². The zero-order valence-electron chi connectivity index (χ0n) is 16.5. The van der Waals surface area contributed by atoms with Crippen molar-refractivity contribution in [2.75, 3.05) is 18.1 Å². The van der Waals surface area contributed by atoms with Gasteiger partial charge >= 0.3 is 0 Å². The molecule has 3 rings (SSSR count). The summed E-state index contributed by atoms with van der Waals surface area (Å²) in [5.74, 6) is 0.130. The van der Waals surface area contributed by atoms with Crippen molar-refractivity contribution in [1.82, 2.24) is 0 Å². The van der Waals surface area contributed by atoms with Gasteiger partial charge in [0.25, 0.3) is 0 Å². The Morgan fingerprint density at radius 2 is 1.37 bits per heavy atom. The summed E-state index contributed by atoms with van der Waals surface area (Å²) in [5, 5.41) is 8.30. The molecule has 0 saturated carbocycles. The Balaban J connectivity index is 1.85. The zero-order valence-corrected chi connectivity index (χ0v) is 18.2. The Morgan fingerprint density at radius 1 is 0.833 bits per heavy atom. The van der Waals surface area contributed by atoms with E-state index in [1.165, 1.54) is 23.3 Å².